The molecule has 0 fully saturated rings. The van der Waals surface area contributed by atoms with Crippen LogP contribution in [0.4, 0.5) is 5.82 Å². The summed E-state index contributed by atoms with van der Waals surface area (Å²) >= 11 is 0. The van der Waals surface area contributed by atoms with E-state index < -0.39 is 0 Å². The minimum Gasteiger partial charge on any atom is -0.492 e. The van der Waals surface area contributed by atoms with Gasteiger partial charge in [-0.3, -0.25) is 4.79 Å². The number of carbonyl (C=O) groups excluding carboxylic acids is 1. The Bertz CT molecular complexity index is 849. The van der Waals surface area contributed by atoms with E-state index in [0.29, 0.717) is 24.9 Å². The van der Waals surface area contributed by atoms with E-state index in [1.165, 1.54) is 0 Å². The standard InChI is InChI=1S/C22H29N3O3/c1-13(2)7-16(23)12-27-17-5-6-18-19-9-21(25-22(26)14(3)4)24-10-15(19)11-28-20(18)8-17/h5-6,8-10,13-14,16H,7,11-12,23H2,1-4H3,(H,24,25,26). The van der Waals surface area contributed by atoms with E-state index in [4.69, 9.17) is 15.2 Å². The van der Waals surface area contributed by atoms with Gasteiger partial charge in [-0.05, 0) is 36.1 Å². The molecule has 3 N–H and O–H groups in total. The van der Waals surface area contributed by atoms with Gasteiger partial charge in [0.25, 0.3) is 0 Å². The van der Waals surface area contributed by atoms with E-state index >= 15 is 0 Å². The third-order valence-corrected chi connectivity index (χ3v) is 4.63. The van der Waals surface area contributed by atoms with Gasteiger partial charge in [0.1, 0.15) is 30.5 Å². The van der Waals surface area contributed by atoms with Crippen LogP contribution in [0.1, 0.15) is 39.7 Å². The smallest absolute Gasteiger partial charge is 0.228 e. The first-order chi connectivity index (χ1) is 13.3. The summed E-state index contributed by atoms with van der Waals surface area (Å²) in [6.45, 7) is 8.91. The number of nitrogens with two attached hydrogens (primary N) is 1. The van der Waals surface area contributed by atoms with E-state index in [2.05, 4.69) is 24.1 Å². The maximum atomic E-state index is 12.0. The van der Waals surface area contributed by atoms with Crippen LogP contribution in [0.2, 0.25) is 0 Å². The highest BCUT2D eigenvalue weighted by Crippen LogP contribution is 2.40. The quantitative estimate of drug-likeness (QED) is 0.755. The Hall–Kier alpha value is -2.60. The van der Waals surface area contributed by atoms with Crippen LogP contribution in [0.3, 0.4) is 0 Å². The number of rotatable bonds is 7. The lowest BCUT2D eigenvalue weighted by molar-refractivity contribution is -0.118. The monoisotopic (exact) mass is 383 g/mol. The zero-order chi connectivity index (χ0) is 20.3. The number of fused-ring (bicyclic) bond motifs is 3. The first-order valence-electron chi connectivity index (χ1n) is 9.79. The molecule has 150 valence electrons. The molecule has 6 heteroatoms. The second-order valence-corrected chi connectivity index (χ2v) is 8.02. The van der Waals surface area contributed by atoms with E-state index in [1.807, 2.05) is 38.1 Å². The number of amides is 1. The summed E-state index contributed by atoms with van der Waals surface area (Å²) in [6, 6.07) is 7.70. The molecule has 2 aromatic rings. The van der Waals surface area contributed by atoms with Gasteiger partial charge < -0.3 is 20.5 Å². The van der Waals surface area contributed by atoms with Crippen molar-refractivity contribution in [3.8, 4) is 22.6 Å². The van der Waals surface area contributed by atoms with Crippen LogP contribution in [0, 0.1) is 11.8 Å². The number of ether oxygens (including phenoxy) is 2. The first-order valence-corrected chi connectivity index (χ1v) is 9.79. The van der Waals surface area contributed by atoms with Gasteiger partial charge in [0.05, 0.1) is 0 Å². The van der Waals surface area contributed by atoms with Crippen molar-refractivity contribution in [3.63, 3.8) is 0 Å². The lowest BCUT2D eigenvalue weighted by Crippen LogP contribution is -2.29. The first kappa shape index (κ1) is 20.1. The maximum Gasteiger partial charge on any atom is 0.228 e. The molecule has 0 saturated carbocycles. The van der Waals surface area contributed by atoms with Crippen LogP contribution in [-0.4, -0.2) is 23.5 Å². The van der Waals surface area contributed by atoms with Gasteiger partial charge in [-0.25, -0.2) is 4.98 Å². The van der Waals surface area contributed by atoms with Crippen LogP contribution >= 0.6 is 0 Å². The van der Waals surface area contributed by atoms with E-state index in [-0.39, 0.29) is 17.9 Å². The Balaban J connectivity index is 1.77. The number of hydrogen-bond donors (Lipinski definition) is 2. The topological polar surface area (TPSA) is 86.5 Å². The number of aromatic nitrogens is 1. The fraction of sp³-hybridized carbons (Fsp3) is 0.455. The Morgan fingerprint density at radius 2 is 2.04 bits per heavy atom. The molecule has 3 rings (SSSR count). The third-order valence-electron chi connectivity index (χ3n) is 4.63. The molecule has 1 unspecified atom stereocenters. The molecular weight excluding hydrogens is 354 g/mol. The summed E-state index contributed by atoms with van der Waals surface area (Å²) in [5.41, 5.74) is 9.06. The van der Waals surface area contributed by atoms with Gasteiger partial charge in [-0.15, -0.1) is 0 Å². The van der Waals surface area contributed by atoms with Gasteiger partial charge in [-0.1, -0.05) is 27.7 Å². The molecule has 0 radical (unpaired) electrons. The van der Waals surface area contributed by atoms with Crippen molar-refractivity contribution < 1.29 is 14.3 Å². The summed E-state index contributed by atoms with van der Waals surface area (Å²) in [5, 5.41) is 2.85. The molecule has 0 bridgehead atoms. The molecule has 2 heterocycles. The Labute approximate surface area is 166 Å². The average molecular weight is 383 g/mol. The SMILES string of the molecule is CC(C)CC(N)COc1ccc2c(c1)OCc1cnc(NC(=O)C(C)C)cc1-2. The van der Waals surface area contributed by atoms with Crippen molar-refractivity contribution in [1.82, 2.24) is 4.98 Å². The molecule has 1 aromatic heterocycles. The molecule has 0 spiro atoms. The van der Waals surface area contributed by atoms with Gasteiger partial charge >= 0.3 is 0 Å². The summed E-state index contributed by atoms with van der Waals surface area (Å²) < 4.78 is 11.7. The van der Waals surface area contributed by atoms with Crippen LogP contribution in [0.5, 0.6) is 11.5 Å². The molecule has 6 nitrogen and oxygen atoms in total. The molecule has 1 aliphatic rings. The number of pyridine rings is 1. The van der Waals surface area contributed by atoms with Crippen molar-refractivity contribution in [1.29, 1.82) is 0 Å². The fourth-order valence-electron chi connectivity index (χ4n) is 3.16. The predicted molar refractivity (Wildman–Crippen MR) is 110 cm³/mol. The van der Waals surface area contributed by atoms with Crippen molar-refractivity contribution in [2.24, 2.45) is 17.6 Å². The molecule has 1 aliphatic heterocycles. The van der Waals surface area contributed by atoms with Crippen molar-refractivity contribution in [2.45, 2.75) is 46.8 Å². The Morgan fingerprint density at radius 1 is 1.25 bits per heavy atom. The lowest BCUT2D eigenvalue weighted by Gasteiger charge is -2.22. The van der Waals surface area contributed by atoms with Gasteiger partial charge in [0.15, 0.2) is 0 Å². The van der Waals surface area contributed by atoms with Crippen LogP contribution in [-0.2, 0) is 11.4 Å². The number of nitrogens with zero attached hydrogens (tertiary/aromatic N) is 1. The second kappa shape index (κ2) is 8.61. The van der Waals surface area contributed by atoms with Crippen molar-refractivity contribution in [3.05, 3.63) is 36.0 Å². The highest BCUT2D eigenvalue weighted by molar-refractivity contribution is 5.92. The van der Waals surface area contributed by atoms with E-state index in [0.717, 1.165) is 34.6 Å². The molecule has 28 heavy (non-hydrogen) atoms. The third kappa shape index (κ3) is 4.81. The summed E-state index contributed by atoms with van der Waals surface area (Å²) in [4.78, 5) is 16.3. The number of carbonyl (C=O) groups is 1. The molecule has 0 aliphatic carbocycles. The second-order valence-electron chi connectivity index (χ2n) is 8.02. The van der Waals surface area contributed by atoms with E-state index in [9.17, 15) is 4.79 Å². The summed E-state index contributed by atoms with van der Waals surface area (Å²) in [7, 11) is 0. The number of nitrogens with one attached hydrogen (secondary N) is 1. The van der Waals surface area contributed by atoms with Gasteiger partial charge in [-0.2, -0.15) is 0 Å². The molecular formula is C22H29N3O3. The highest BCUT2D eigenvalue weighted by atomic mass is 16.5. The minimum absolute atomic E-state index is 0.0101. The summed E-state index contributed by atoms with van der Waals surface area (Å²) in [6.07, 6.45) is 2.68. The number of anilines is 1. The van der Waals surface area contributed by atoms with Gasteiger partial charge in [0.2, 0.25) is 5.91 Å². The van der Waals surface area contributed by atoms with Gasteiger partial charge in [0, 0.05) is 35.3 Å². The largest absolute Gasteiger partial charge is 0.492 e. The number of hydrogen-bond acceptors (Lipinski definition) is 5. The fourth-order valence-corrected chi connectivity index (χ4v) is 3.16. The average Bonchev–Trinajstić information content (AvgIpc) is 2.65. The Morgan fingerprint density at radius 3 is 2.75 bits per heavy atom. The zero-order valence-electron chi connectivity index (χ0n) is 17.0. The summed E-state index contributed by atoms with van der Waals surface area (Å²) in [5.74, 6) is 2.43. The molecule has 1 atom stereocenters. The van der Waals surface area contributed by atoms with Crippen LogP contribution in [0.25, 0.3) is 11.1 Å². The predicted octanol–water partition coefficient (Wildman–Crippen LogP) is 3.99. The lowest BCUT2D eigenvalue weighted by atomic mass is 9.98. The minimum atomic E-state index is -0.102. The molecule has 1 amide bonds. The normalized spacial score (nSPS) is 13.5. The van der Waals surface area contributed by atoms with Crippen molar-refractivity contribution >= 4 is 11.7 Å². The number of benzene rings is 1. The highest BCUT2D eigenvalue weighted by Gasteiger charge is 2.20. The maximum absolute atomic E-state index is 12.0. The van der Waals surface area contributed by atoms with Crippen molar-refractivity contribution in [2.75, 3.05) is 11.9 Å². The zero-order valence-corrected chi connectivity index (χ0v) is 17.0. The van der Waals surface area contributed by atoms with Crippen LogP contribution in [0.15, 0.2) is 30.5 Å². The molecule has 1 aromatic carbocycles. The Kier molecular flexibility index (Phi) is 6.19. The van der Waals surface area contributed by atoms with E-state index in [1.54, 1.807) is 6.20 Å². The molecule has 0 saturated heterocycles. The van der Waals surface area contributed by atoms with Crippen LogP contribution < -0.4 is 20.5 Å².